The summed E-state index contributed by atoms with van der Waals surface area (Å²) in [4.78, 5) is 15.4. The summed E-state index contributed by atoms with van der Waals surface area (Å²) >= 11 is 0. The summed E-state index contributed by atoms with van der Waals surface area (Å²) in [6.07, 6.45) is 3.99. The van der Waals surface area contributed by atoms with E-state index in [0.717, 1.165) is 16.8 Å². The van der Waals surface area contributed by atoms with Crippen LogP contribution in [0.2, 0.25) is 0 Å². The average Bonchev–Trinajstić information content (AvgIpc) is 3.33. The van der Waals surface area contributed by atoms with Crippen LogP contribution in [0.25, 0.3) is 5.69 Å². The highest BCUT2D eigenvalue weighted by molar-refractivity contribution is 5.95. The lowest BCUT2D eigenvalue weighted by Gasteiger charge is -2.32. The topological polar surface area (TPSA) is 25.2 Å². The number of carbonyl (C=O) groups is 1. The van der Waals surface area contributed by atoms with Crippen LogP contribution in [0.15, 0.2) is 109 Å². The molecule has 0 atom stereocenters. The number of aromatic nitrogens is 1. The van der Waals surface area contributed by atoms with Gasteiger partial charge in [0.1, 0.15) is 0 Å². The zero-order chi connectivity index (χ0) is 20.1. The van der Waals surface area contributed by atoms with E-state index in [1.807, 2.05) is 102 Å². The summed E-state index contributed by atoms with van der Waals surface area (Å²) in [6.45, 7) is 2.65. The molecule has 4 aromatic rings. The highest BCUT2D eigenvalue weighted by Gasteiger charge is 2.26. The first-order chi connectivity index (χ1) is 14.3. The molecule has 0 aliphatic heterocycles. The van der Waals surface area contributed by atoms with E-state index in [9.17, 15) is 4.79 Å². The van der Waals surface area contributed by atoms with Crippen molar-refractivity contribution >= 4 is 5.91 Å². The highest BCUT2D eigenvalue weighted by Crippen LogP contribution is 2.30. The molecule has 1 amide bonds. The predicted molar refractivity (Wildman–Crippen MR) is 117 cm³/mol. The molecule has 0 saturated heterocycles. The van der Waals surface area contributed by atoms with Gasteiger partial charge in [-0.1, -0.05) is 60.7 Å². The summed E-state index contributed by atoms with van der Waals surface area (Å²) in [7, 11) is 0. The Morgan fingerprint density at radius 3 is 1.76 bits per heavy atom. The van der Waals surface area contributed by atoms with Gasteiger partial charge in [-0.2, -0.15) is 0 Å². The third-order valence-electron chi connectivity index (χ3n) is 5.16. The van der Waals surface area contributed by atoms with E-state index in [1.165, 1.54) is 0 Å². The molecule has 3 aromatic carbocycles. The largest absolute Gasteiger partial charge is 0.328 e. The Bertz CT molecular complexity index is 1000. The van der Waals surface area contributed by atoms with E-state index in [0.29, 0.717) is 12.1 Å². The lowest BCUT2D eigenvalue weighted by Crippen LogP contribution is -2.35. The van der Waals surface area contributed by atoms with E-state index in [4.69, 9.17) is 0 Å². The molecule has 4 rings (SSSR count). The van der Waals surface area contributed by atoms with E-state index in [2.05, 4.69) is 24.3 Å². The standard InChI is InChI=1S/C26H24N2O/c1-2-28(25(21-11-5-3-6-12-21)22-13-7-4-8-14-22)26(29)23-15-17-24(18-16-23)27-19-9-10-20-27/h3-20,25H,2H2,1H3. The van der Waals surface area contributed by atoms with Crippen molar-refractivity contribution in [1.82, 2.24) is 9.47 Å². The van der Waals surface area contributed by atoms with Crippen LogP contribution in [0.1, 0.15) is 34.5 Å². The fourth-order valence-corrected chi connectivity index (χ4v) is 3.72. The van der Waals surface area contributed by atoms with Gasteiger partial charge in [0.2, 0.25) is 0 Å². The average molecular weight is 380 g/mol. The van der Waals surface area contributed by atoms with E-state index in [-0.39, 0.29) is 11.9 Å². The molecule has 0 aliphatic rings. The van der Waals surface area contributed by atoms with Gasteiger partial charge < -0.3 is 9.47 Å². The zero-order valence-corrected chi connectivity index (χ0v) is 16.5. The number of hydrogen-bond donors (Lipinski definition) is 0. The van der Waals surface area contributed by atoms with Gasteiger partial charge in [0.15, 0.2) is 0 Å². The maximum atomic E-state index is 13.5. The molecule has 1 heterocycles. The molecule has 0 spiro atoms. The number of hydrogen-bond acceptors (Lipinski definition) is 1. The summed E-state index contributed by atoms with van der Waals surface area (Å²) in [5.41, 5.74) is 3.95. The molecular weight excluding hydrogens is 356 g/mol. The fourth-order valence-electron chi connectivity index (χ4n) is 3.72. The van der Waals surface area contributed by atoms with Crippen molar-refractivity contribution in [1.29, 1.82) is 0 Å². The molecule has 0 saturated carbocycles. The van der Waals surface area contributed by atoms with Crippen molar-refractivity contribution in [2.24, 2.45) is 0 Å². The van der Waals surface area contributed by atoms with Crippen molar-refractivity contribution in [3.63, 3.8) is 0 Å². The van der Waals surface area contributed by atoms with E-state index in [1.54, 1.807) is 0 Å². The maximum absolute atomic E-state index is 13.5. The van der Waals surface area contributed by atoms with Crippen molar-refractivity contribution < 1.29 is 4.79 Å². The minimum Gasteiger partial charge on any atom is -0.328 e. The second-order valence-corrected chi connectivity index (χ2v) is 6.95. The Morgan fingerprint density at radius 2 is 1.28 bits per heavy atom. The Morgan fingerprint density at radius 1 is 0.759 bits per heavy atom. The monoisotopic (exact) mass is 380 g/mol. The third-order valence-corrected chi connectivity index (χ3v) is 5.16. The summed E-state index contributed by atoms with van der Waals surface area (Å²) < 4.78 is 2.03. The van der Waals surface area contributed by atoms with Crippen LogP contribution >= 0.6 is 0 Å². The van der Waals surface area contributed by atoms with Crippen LogP contribution in [0.5, 0.6) is 0 Å². The van der Waals surface area contributed by atoms with Crippen molar-refractivity contribution in [2.45, 2.75) is 13.0 Å². The highest BCUT2D eigenvalue weighted by atomic mass is 16.2. The molecule has 3 heteroatoms. The first-order valence-electron chi connectivity index (χ1n) is 9.92. The second kappa shape index (κ2) is 8.61. The van der Waals surface area contributed by atoms with Crippen LogP contribution in [0, 0.1) is 0 Å². The van der Waals surface area contributed by atoms with Crippen LogP contribution < -0.4 is 0 Å². The van der Waals surface area contributed by atoms with Gasteiger partial charge in [-0.05, 0) is 54.4 Å². The van der Waals surface area contributed by atoms with Gasteiger partial charge in [0.05, 0.1) is 6.04 Å². The molecular formula is C26H24N2O. The lowest BCUT2D eigenvalue weighted by atomic mass is 9.96. The molecule has 144 valence electrons. The molecule has 0 unspecified atom stereocenters. The lowest BCUT2D eigenvalue weighted by molar-refractivity contribution is 0.0717. The second-order valence-electron chi connectivity index (χ2n) is 6.95. The molecule has 29 heavy (non-hydrogen) atoms. The van der Waals surface area contributed by atoms with Crippen molar-refractivity contribution in [3.05, 3.63) is 126 Å². The number of carbonyl (C=O) groups excluding carboxylic acids is 1. The molecule has 0 fully saturated rings. The Kier molecular flexibility index (Phi) is 5.57. The minimum atomic E-state index is -0.126. The molecule has 0 N–H and O–H groups in total. The SMILES string of the molecule is CCN(C(=O)c1ccc(-n2cccc2)cc1)C(c1ccccc1)c1ccccc1. The van der Waals surface area contributed by atoms with Gasteiger partial charge in [0.25, 0.3) is 5.91 Å². The molecule has 0 aliphatic carbocycles. The maximum Gasteiger partial charge on any atom is 0.254 e. The van der Waals surface area contributed by atoms with Crippen LogP contribution in [-0.2, 0) is 0 Å². The normalized spacial score (nSPS) is 10.8. The van der Waals surface area contributed by atoms with Crippen LogP contribution in [-0.4, -0.2) is 21.9 Å². The summed E-state index contributed by atoms with van der Waals surface area (Å²) in [6, 6.07) is 32.1. The number of amides is 1. The van der Waals surface area contributed by atoms with E-state index < -0.39 is 0 Å². The molecule has 1 aromatic heterocycles. The molecule has 0 radical (unpaired) electrons. The Hall–Kier alpha value is -3.59. The van der Waals surface area contributed by atoms with Crippen LogP contribution in [0.4, 0.5) is 0 Å². The van der Waals surface area contributed by atoms with Crippen molar-refractivity contribution in [3.8, 4) is 5.69 Å². The van der Waals surface area contributed by atoms with Crippen molar-refractivity contribution in [2.75, 3.05) is 6.54 Å². The number of nitrogens with zero attached hydrogens (tertiary/aromatic N) is 2. The Balaban J connectivity index is 1.69. The van der Waals surface area contributed by atoms with Gasteiger partial charge in [-0.25, -0.2) is 0 Å². The summed E-state index contributed by atoms with van der Waals surface area (Å²) in [5, 5.41) is 0. The van der Waals surface area contributed by atoms with Gasteiger partial charge >= 0.3 is 0 Å². The minimum absolute atomic E-state index is 0.0317. The molecule has 3 nitrogen and oxygen atoms in total. The predicted octanol–water partition coefficient (Wildman–Crippen LogP) is 5.73. The third kappa shape index (κ3) is 3.99. The number of benzene rings is 3. The quantitative estimate of drug-likeness (QED) is 0.419. The Labute approximate surface area is 171 Å². The number of rotatable bonds is 6. The summed E-state index contributed by atoms with van der Waals surface area (Å²) in [5.74, 6) is 0.0317. The van der Waals surface area contributed by atoms with Gasteiger partial charge in [-0.15, -0.1) is 0 Å². The van der Waals surface area contributed by atoms with E-state index >= 15 is 0 Å². The van der Waals surface area contributed by atoms with Crippen LogP contribution in [0.3, 0.4) is 0 Å². The van der Waals surface area contributed by atoms with Gasteiger partial charge in [0, 0.05) is 30.2 Å². The zero-order valence-electron chi connectivity index (χ0n) is 16.5. The fraction of sp³-hybridized carbons (Fsp3) is 0.115. The molecule has 0 bridgehead atoms. The first kappa shape index (κ1) is 18.8. The van der Waals surface area contributed by atoms with Gasteiger partial charge in [-0.3, -0.25) is 4.79 Å². The first-order valence-corrected chi connectivity index (χ1v) is 9.92. The smallest absolute Gasteiger partial charge is 0.254 e.